The topological polar surface area (TPSA) is 25.2 Å². The molecule has 0 saturated carbocycles. The van der Waals surface area contributed by atoms with Gasteiger partial charge in [0.25, 0.3) is 0 Å². The van der Waals surface area contributed by atoms with Crippen molar-refractivity contribution in [2.45, 2.75) is 13.0 Å². The van der Waals surface area contributed by atoms with E-state index in [4.69, 9.17) is 4.42 Å². The van der Waals surface area contributed by atoms with Gasteiger partial charge < -0.3 is 9.73 Å². The third-order valence-electron chi connectivity index (χ3n) is 3.61. The average Bonchev–Trinajstić information content (AvgIpc) is 2.87. The molecule has 4 heteroatoms. The van der Waals surface area contributed by atoms with E-state index in [0.29, 0.717) is 0 Å². The SMILES string of the molecule is CNC(c1cc2cccc(C)c2o1)c1ccc(Br)cc1Br. The third kappa shape index (κ3) is 2.80. The summed E-state index contributed by atoms with van der Waals surface area (Å²) >= 11 is 7.12. The second kappa shape index (κ2) is 5.95. The van der Waals surface area contributed by atoms with Crippen molar-refractivity contribution in [3.05, 3.63) is 68.3 Å². The van der Waals surface area contributed by atoms with E-state index in [1.54, 1.807) is 0 Å². The summed E-state index contributed by atoms with van der Waals surface area (Å²) in [6.45, 7) is 2.07. The van der Waals surface area contributed by atoms with Crippen molar-refractivity contribution in [2.24, 2.45) is 0 Å². The summed E-state index contributed by atoms with van der Waals surface area (Å²) in [5.41, 5.74) is 3.27. The van der Waals surface area contributed by atoms with E-state index in [-0.39, 0.29) is 6.04 Å². The predicted octanol–water partition coefficient (Wildman–Crippen LogP) is 5.58. The van der Waals surface area contributed by atoms with Crippen molar-refractivity contribution < 1.29 is 4.42 Å². The number of nitrogens with one attached hydrogen (secondary N) is 1. The molecule has 0 radical (unpaired) electrons. The fourth-order valence-electron chi connectivity index (χ4n) is 2.56. The van der Waals surface area contributed by atoms with Gasteiger partial charge in [0, 0.05) is 14.3 Å². The van der Waals surface area contributed by atoms with Crippen LogP contribution in [0.4, 0.5) is 0 Å². The van der Waals surface area contributed by atoms with Crippen LogP contribution in [0.2, 0.25) is 0 Å². The van der Waals surface area contributed by atoms with E-state index in [2.05, 4.69) is 74.4 Å². The number of fused-ring (bicyclic) bond motifs is 1. The molecule has 3 rings (SSSR count). The molecule has 0 aliphatic heterocycles. The minimum atomic E-state index is 0.0132. The molecule has 1 N–H and O–H groups in total. The molecule has 108 valence electrons. The van der Waals surface area contributed by atoms with Crippen molar-refractivity contribution in [3.8, 4) is 0 Å². The van der Waals surface area contributed by atoms with Crippen LogP contribution in [0, 0.1) is 6.92 Å². The van der Waals surface area contributed by atoms with Gasteiger partial charge in [-0.2, -0.15) is 0 Å². The molecule has 0 bridgehead atoms. The molecular weight excluding hydrogens is 394 g/mol. The first-order valence-corrected chi connectivity index (χ1v) is 8.30. The van der Waals surface area contributed by atoms with Crippen LogP contribution >= 0.6 is 31.9 Å². The smallest absolute Gasteiger partial charge is 0.137 e. The van der Waals surface area contributed by atoms with Crippen LogP contribution in [0.25, 0.3) is 11.0 Å². The summed E-state index contributed by atoms with van der Waals surface area (Å²) in [5.74, 6) is 0.921. The Kier molecular flexibility index (Phi) is 4.20. The second-order valence-corrected chi connectivity index (χ2v) is 6.80. The summed E-state index contributed by atoms with van der Waals surface area (Å²) in [4.78, 5) is 0. The first-order chi connectivity index (χ1) is 10.1. The highest BCUT2D eigenvalue weighted by Gasteiger charge is 2.19. The van der Waals surface area contributed by atoms with Crippen molar-refractivity contribution in [2.75, 3.05) is 7.05 Å². The monoisotopic (exact) mass is 407 g/mol. The van der Waals surface area contributed by atoms with Crippen LogP contribution in [-0.2, 0) is 0 Å². The van der Waals surface area contributed by atoms with Gasteiger partial charge in [0.2, 0.25) is 0 Å². The fourth-order valence-corrected chi connectivity index (χ4v) is 3.83. The van der Waals surface area contributed by atoms with Crippen LogP contribution in [0.1, 0.15) is 22.9 Å². The third-order valence-corrected chi connectivity index (χ3v) is 4.79. The molecular formula is C17H15Br2NO. The lowest BCUT2D eigenvalue weighted by atomic mass is 10.0. The summed E-state index contributed by atoms with van der Waals surface area (Å²) in [6.07, 6.45) is 0. The molecule has 1 aromatic heterocycles. The Balaban J connectivity index is 2.11. The Labute approximate surface area is 140 Å². The molecule has 0 fully saturated rings. The van der Waals surface area contributed by atoms with E-state index in [0.717, 1.165) is 36.8 Å². The summed E-state index contributed by atoms with van der Waals surface area (Å²) in [6, 6.07) is 14.5. The van der Waals surface area contributed by atoms with Gasteiger partial charge in [-0.05, 0) is 43.3 Å². The molecule has 1 heterocycles. The van der Waals surface area contributed by atoms with Crippen LogP contribution in [-0.4, -0.2) is 7.05 Å². The molecule has 0 spiro atoms. The molecule has 3 aromatic rings. The highest BCUT2D eigenvalue weighted by Crippen LogP contribution is 2.34. The Morgan fingerprint density at radius 3 is 2.57 bits per heavy atom. The molecule has 0 aliphatic carbocycles. The molecule has 2 aromatic carbocycles. The molecule has 2 nitrogen and oxygen atoms in total. The summed E-state index contributed by atoms with van der Waals surface area (Å²) in [7, 11) is 1.94. The number of halogens is 2. The maximum absolute atomic E-state index is 6.10. The largest absolute Gasteiger partial charge is 0.459 e. The zero-order valence-corrected chi connectivity index (χ0v) is 15.0. The van der Waals surface area contributed by atoms with Crippen LogP contribution < -0.4 is 5.32 Å². The number of hydrogen-bond acceptors (Lipinski definition) is 2. The quantitative estimate of drug-likeness (QED) is 0.612. The number of furan rings is 1. The maximum Gasteiger partial charge on any atom is 0.137 e. The van der Waals surface area contributed by atoms with Gasteiger partial charge in [-0.15, -0.1) is 0 Å². The van der Waals surface area contributed by atoms with E-state index in [9.17, 15) is 0 Å². The van der Waals surface area contributed by atoms with Gasteiger partial charge in [-0.1, -0.05) is 56.1 Å². The Morgan fingerprint density at radius 2 is 1.90 bits per heavy atom. The summed E-state index contributed by atoms with van der Waals surface area (Å²) in [5, 5.41) is 4.47. The lowest BCUT2D eigenvalue weighted by molar-refractivity contribution is 0.489. The minimum absolute atomic E-state index is 0.0132. The lowest BCUT2D eigenvalue weighted by Gasteiger charge is -2.16. The molecule has 1 atom stereocenters. The highest BCUT2D eigenvalue weighted by atomic mass is 79.9. The van der Waals surface area contributed by atoms with E-state index in [1.807, 2.05) is 19.2 Å². The number of hydrogen-bond donors (Lipinski definition) is 1. The standard InChI is InChI=1S/C17H15Br2NO/c1-10-4-3-5-11-8-15(21-17(10)11)16(20-2)13-7-6-12(18)9-14(13)19/h3-9,16,20H,1-2H3. The highest BCUT2D eigenvalue weighted by molar-refractivity contribution is 9.11. The minimum Gasteiger partial charge on any atom is -0.459 e. The van der Waals surface area contributed by atoms with Gasteiger partial charge in [-0.3, -0.25) is 0 Å². The van der Waals surface area contributed by atoms with Gasteiger partial charge in [0.05, 0.1) is 6.04 Å². The molecule has 1 unspecified atom stereocenters. The lowest BCUT2D eigenvalue weighted by Crippen LogP contribution is -2.17. The Bertz CT molecular complexity index is 795. The number of aryl methyl sites for hydroxylation is 1. The van der Waals surface area contributed by atoms with E-state index >= 15 is 0 Å². The van der Waals surface area contributed by atoms with Gasteiger partial charge in [0.15, 0.2) is 0 Å². The Morgan fingerprint density at radius 1 is 1.10 bits per heavy atom. The van der Waals surface area contributed by atoms with Crippen molar-refractivity contribution in [1.29, 1.82) is 0 Å². The van der Waals surface area contributed by atoms with Gasteiger partial charge >= 0.3 is 0 Å². The van der Waals surface area contributed by atoms with Gasteiger partial charge in [0.1, 0.15) is 11.3 Å². The molecule has 21 heavy (non-hydrogen) atoms. The van der Waals surface area contributed by atoms with Crippen molar-refractivity contribution >= 4 is 42.8 Å². The van der Waals surface area contributed by atoms with E-state index < -0.39 is 0 Å². The Hall–Kier alpha value is -1.10. The van der Waals surface area contributed by atoms with E-state index in [1.165, 1.54) is 0 Å². The average molecular weight is 409 g/mol. The van der Waals surface area contributed by atoms with Gasteiger partial charge in [-0.25, -0.2) is 0 Å². The zero-order chi connectivity index (χ0) is 15.0. The van der Waals surface area contributed by atoms with Crippen LogP contribution in [0.5, 0.6) is 0 Å². The van der Waals surface area contributed by atoms with Crippen molar-refractivity contribution in [1.82, 2.24) is 5.32 Å². The number of para-hydroxylation sites is 1. The normalized spacial score (nSPS) is 12.8. The van der Waals surface area contributed by atoms with Crippen molar-refractivity contribution in [3.63, 3.8) is 0 Å². The zero-order valence-electron chi connectivity index (χ0n) is 11.8. The summed E-state index contributed by atoms with van der Waals surface area (Å²) < 4.78 is 8.20. The number of benzene rings is 2. The first kappa shape index (κ1) is 14.8. The fraction of sp³-hybridized carbons (Fsp3) is 0.176. The second-order valence-electron chi connectivity index (χ2n) is 5.03. The predicted molar refractivity (Wildman–Crippen MR) is 93.7 cm³/mol. The molecule has 0 saturated heterocycles. The molecule has 0 aliphatic rings. The first-order valence-electron chi connectivity index (χ1n) is 6.71. The molecule has 0 amide bonds. The maximum atomic E-state index is 6.10. The van der Waals surface area contributed by atoms with Crippen LogP contribution in [0.3, 0.4) is 0 Å². The number of rotatable bonds is 3. The van der Waals surface area contributed by atoms with Crippen LogP contribution in [0.15, 0.2) is 55.8 Å².